The predicted molar refractivity (Wildman–Crippen MR) is 27.1 cm³/mol. The molecule has 0 bridgehead atoms. The van der Waals surface area contributed by atoms with Crippen molar-refractivity contribution in [3.8, 4) is 6.57 Å². The van der Waals surface area contributed by atoms with E-state index in [0.29, 0.717) is 0 Å². The Labute approximate surface area is 38.2 Å². The fourth-order valence-electron chi connectivity index (χ4n) is 0. The van der Waals surface area contributed by atoms with Crippen LogP contribution < -0.4 is 0 Å². The highest BCUT2D eigenvalue weighted by atomic mass is 14.2. The summed E-state index contributed by atoms with van der Waals surface area (Å²) in [6, 6.07) is 0. The van der Waals surface area contributed by atoms with Gasteiger partial charge in [-0.2, -0.15) is 0 Å². The van der Waals surface area contributed by atoms with E-state index in [4.69, 9.17) is 5.26 Å². The lowest BCUT2D eigenvalue weighted by molar-refractivity contribution is 1.58. The predicted octanol–water partition coefficient (Wildman–Crippen LogP) is 1.50. The first-order valence-electron chi connectivity index (χ1n) is 1.41. The second kappa shape index (κ2) is 37.2. The van der Waals surface area contributed by atoms with Gasteiger partial charge in [0.25, 0.3) is 0 Å². The Kier molecular flexibility index (Phi) is 55.1. The fraction of sp³-hybridized carbons (Fsp3) is 0. The third-order valence-corrected chi connectivity index (χ3v) is 0.167. The van der Waals surface area contributed by atoms with Crippen LogP contribution in [0.15, 0.2) is 25.3 Å². The van der Waals surface area contributed by atoms with Crippen LogP contribution >= 0.6 is 0 Å². The second-order valence-electron chi connectivity index (χ2n) is 0.471. The van der Waals surface area contributed by atoms with Gasteiger partial charge in [-0.05, 0) is 0 Å². The highest BCUT2D eigenvalue weighted by molar-refractivity contribution is 4.88. The van der Waals surface area contributed by atoms with Crippen molar-refractivity contribution in [3.05, 3.63) is 25.3 Å². The van der Waals surface area contributed by atoms with Crippen molar-refractivity contribution in [2.75, 3.05) is 0 Å². The molecule has 0 aliphatic rings. The van der Waals surface area contributed by atoms with Gasteiger partial charge >= 0.3 is 0 Å². The zero-order chi connectivity index (χ0) is 5.41. The molecule has 0 aliphatic carbocycles. The van der Waals surface area contributed by atoms with E-state index in [-0.39, 0.29) is 0 Å². The molecule has 0 atom stereocenters. The van der Waals surface area contributed by atoms with E-state index in [0.717, 1.165) is 0 Å². The molecule has 0 heterocycles. The Balaban J connectivity index is 0. The van der Waals surface area contributed by atoms with Crippen LogP contribution in [-0.2, 0) is 0 Å². The molecule has 0 aromatic carbocycles. The summed E-state index contributed by atoms with van der Waals surface area (Å²) in [7, 11) is 0. The molecule has 0 amide bonds. The van der Waals surface area contributed by atoms with Crippen LogP contribution in [0.3, 0.4) is 0 Å². The van der Waals surface area contributed by atoms with Crippen LogP contribution in [0.4, 0.5) is 0 Å². The lowest BCUT2D eigenvalue weighted by Crippen LogP contribution is -1.21. The molecule has 0 N–H and O–H groups in total. The fourth-order valence-corrected chi connectivity index (χ4v) is 0. The monoisotopic (exact) mass is 81.1 g/mol. The zero-order valence-corrected chi connectivity index (χ0v) is 3.59. The van der Waals surface area contributed by atoms with Crippen LogP contribution in [0.1, 0.15) is 0 Å². The molecule has 0 fully saturated rings. The summed E-state index contributed by atoms with van der Waals surface area (Å²) >= 11 is 0. The van der Waals surface area contributed by atoms with Crippen molar-refractivity contribution < 1.29 is 0 Å². The normalized spacial score (nSPS) is 3.67. The molecular weight excluding hydrogens is 74.1 g/mol. The first kappa shape index (κ1) is 8.88. The topological polar surface area (TPSA) is 23.8 Å². The van der Waals surface area contributed by atoms with E-state index < -0.39 is 0 Å². The summed E-state index contributed by atoms with van der Waals surface area (Å²) in [4.78, 5) is 0. The number of allylic oxidation sites excluding steroid dienone is 2. The number of hydrogen-bond acceptors (Lipinski definition) is 1. The summed E-state index contributed by atoms with van der Waals surface area (Å²) in [5.41, 5.74) is 0. The molecule has 1 heteroatoms. The third kappa shape index (κ3) is 12800. The quantitative estimate of drug-likeness (QED) is 0.439. The smallest absolute Gasteiger partial charge is 0.0462 e. The largest absolute Gasteiger partial charge is 0.202 e. The zero-order valence-electron chi connectivity index (χ0n) is 3.59. The van der Waals surface area contributed by atoms with Gasteiger partial charge in [-0.25, -0.2) is 5.26 Å². The average molecular weight is 81.1 g/mol. The van der Waals surface area contributed by atoms with E-state index >= 15 is 0 Å². The Morgan fingerprint density at radius 2 is 1.33 bits per heavy atom. The van der Waals surface area contributed by atoms with Gasteiger partial charge in [0.05, 0.1) is 0 Å². The molecule has 0 saturated carbocycles. The van der Waals surface area contributed by atoms with Crippen molar-refractivity contribution in [2.24, 2.45) is 0 Å². The molecule has 0 rings (SSSR count). The second-order valence-corrected chi connectivity index (χ2v) is 0.471. The van der Waals surface area contributed by atoms with E-state index in [2.05, 4.69) is 19.7 Å². The summed E-state index contributed by atoms with van der Waals surface area (Å²) in [5.74, 6) is 0. The lowest BCUT2D eigenvalue weighted by Gasteiger charge is -1.44. The van der Waals surface area contributed by atoms with Gasteiger partial charge in [0, 0.05) is 6.57 Å². The maximum absolute atomic E-state index is 6.50. The summed E-state index contributed by atoms with van der Waals surface area (Å²) in [5, 5.41) is 6.50. The third-order valence-electron chi connectivity index (χ3n) is 0.167. The molecule has 1 nitrogen and oxygen atoms in total. The van der Waals surface area contributed by atoms with Crippen molar-refractivity contribution in [3.63, 3.8) is 0 Å². The van der Waals surface area contributed by atoms with Crippen LogP contribution in [0.5, 0.6) is 0 Å². The molecule has 6 heavy (non-hydrogen) atoms. The number of hydrogen-bond donors (Lipinski definition) is 0. The molecule has 0 aromatic rings. The first-order chi connectivity index (χ1) is 2.91. The molecule has 0 unspecified atom stereocenters. The van der Waals surface area contributed by atoms with Crippen molar-refractivity contribution in [2.45, 2.75) is 0 Å². The highest BCUT2D eigenvalue weighted by Crippen LogP contribution is 1.52. The summed E-state index contributed by atoms with van der Waals surface area (Å²) in [6.07, 6.45) is 3.28. The number of nitrogens with zero attached hydrogens (tertiary/aromatic N) is 1. The van der Waals surface area contributed by atoms with E-state index in [1.165, 1.54) is 0 Å². The first-order valence-corrected chi connectivity index (χ1v) is 1.41. The molecule has 0 aliphatic heterocycles. The lowest BCUT2D eigenvalue weighted by atomic mass is 10.6. The minimum Gasteiger partial charge on any atom is -0.202 e. The van der Waals surface area contributed by atoms with E-state index in [1.54, 1.807) is 12.2 Å². The van der Waals surface area contributed by atoms with E-state index in [9.17, 15) is 0 Å². The van der Waals surface area contributed by atoms with Crippen LogP contribution in [0, 0.1) is 11.8 Å². The van der Waals surface area contributed by atoms with Gasteiger partial charge in [-0.1, -0.05) is 25.3 Å². The van der Waals surface area contributed by atoms with Gasteiger partial charge in [0.15, 0.2) is 0 Å². The van der Waals surface area contributed by atoms with Crippen LogP contribution in [0.2, 0.25) is 0 Å². The highest BCUT2D eigenvalue weighted by Gasteiger charge is 1.29. The molecule has 0 aromatic heterocycles. The van der Waals surface area contributed by atoms with E-state index in [1.807, 2.05) is 0 Å². The molecule has 0 saturated heterocycles. The van der Waals surface area contributed by atoms with Gasteiger partial charge in [0.1, 0.15) is 0 Å². The van der Waals surface area contributed by atoms with Gasteiger partial charge in [0.2, 0.25) is 0 Å². The maximum atomic E-state index is 6.50. The summed E-state index contributed by atoms with van der Waals surface area (Å²) < 4.78 is 0. The molecule has 32 valence electrons. The van der Waals surface area contributed by atoms with Crippen LogP contribution in [-0.4, -0.2) is 0 Å². The SMILES string of the molecule is C#N.C=CC=C. The standard InChI is InChI=1S/C4H6.CHN/c1-3-4-2;1-2/h3-4H,1-2H2;1H. The Morgan fingerprint density at radius 1 is 1.17 bits per heavy atom. The number of nitriles is 1. The Bertz CT molecular complexity index is 46.2. The maximum Gasteiger partial charge on any atom is 0.0462 e. The summed E-state index contributed by atoms with van der Waals surface area (Å²) in [6.45, 7) is 10.2. The van der Waals surface area contributed by atoms with Crippen LogP contribution in [0.25, 0.3) is 0 Å². The molecular formula is C5H7N. The molecule has 0 radical (unpaired) electrons. The van der Waals surface area contributed by atoms with Gasteiger partial charge in [-0.15, -0.1) is 0 Å². The minimum atomic E-state index is 1.64. The van der Waals surface area contributed by atoms with Gasteiger partial charge < -0.3 is 0 Å². The number of rotatable bonds is 1. The van der Waals surface area contributed by atoms with Crippen molar-refractivity contribution in [1.82, 2.24) is 0 Å². The average Bonchev–Trinajstić information content (AvgIpc) is 1.72. The van der Waals surface area contributed by atoms with Gasteiger partial charge in [-0.3, -0.25) is 0 Å². The van der Waals surface area contributed by atoms with Crippen molar-refractivity contribution >= 4 is 0 Å². The Morgan fingerprint density at radius 3 is 1.33 bits per heavy atom. The van der Waals surface area contributed by atoms with Crippen molar-refractivity contribution in [1.29, 1.82) is 5.26 Å². The Hall–Kier alpha value is -1.03. The molecule has 0 spiro atoms. The minimum absolute atomic E-state index is 1.64.